The first-order chi connectivity index (χ1) is 30.2. The van der Waals surface area contributed by atoms with Gasteiger partial charge in [-0.05, 0) is 83.7 Å². The molecule has 0 bridgehead atoms. The van der Waals surface area contributed by atoms with Crippen molar-refractivity contribution in [1.29, 1.82) is 0 Å². The van der Waals surface area contributed by atoms with Crippen molar-refractivity contribution in [3.05, 3.63) is 82.4 Å². The predicted octanol–water partition coefficient (Wildman–Crippen LogP) is -4.43. The summed E-state index contributed by atoms with van der Waals surface area (Å²) >= 11 is 0. The molecule has 0 aliphatic heterocycles. The first kappa shape index (κ1) is 59.6. The minimum atomic E-state index is -2.94. The molecule has 0 unspecified atom stereocenters. The molecule has 32 heteroatoms. The summed E-state index contributed by atoms with van der Waals surface area (Å²) in [6.07, 6.45) is 0. The van der Waals surface area contributed by atoms with E-state index < -0.39 is 83.4 Å². The Morgan fingerprint density at radius 1 is 0.275 bits per heavy atom. The highest BCUT2D eigenvalue weighted by molar-refractivity contribution is 6.74. The van der Waals surface area contributed by atoms with E-state index in [2.05, 4.69) is 0 Å². The lowest BCUT2D eigenvalue weighted by Crippen LogP contribution is -2.74. The molecule has 2 aliphatic carbocycles. The molecule has 0 nitrogen and oxygen atoms in total. The molecule has 69 heavy (non-hydrogen) atoms. The highest BCUT2D eigenvalue weighted by Crippen LogP contribution is 2.84. The molecule has 0 N–H and O–H groups in total. The zero-order valence-electron chi connectivity index (χ0n) is 38.7. The van der Waals surface area contributed by atoms with E-state index in [0.717, 1.165) is 0 Å². The summed E-state index contributed by atoms with van der Waals surface area (Å²) in [7, 11) is 212. The van der Waals surface area contributed by atoms with E-state index in [1.165, 1.54) is 36.4 Å². The Labute approximate surface area is 455 Å². The molecule has 0 saturated heterocycles. The van der Waals surface area contributed by atoms with E-state index in [9.17, 15) is 0 Å². The van der Waals surface area contributed by atoms with Crippen LogP contribution in [0.5, 0.6) is 0 Å². The fraction of sp³-hybridized carbons (Fsp3) is 0.514. The van der Waals surface area contributed by atoms with Crippen molar-refractivity contribution < 1.29 is 0 Å². The maximum Gasteiger partial charge on any atom is 0.0619 e. The van der Waals surface area contributed by atoms with Crippen LogP contribution in [0.2, 0.25) is 61.8 Å². The Morgan fingerprint density at radius 3 is 0.667 bits per heavy atom. The van der Waals surface area contributed by atoms with Crippen molar-refractivity contribution in [3.63, 3.8) is 0 Å². The smallest absolute Gasteiger partial charge is 0.0619 e. The second-order valence-electron chi connectivity index (χ2n) is 20.5. The summed E-state index contributed by atoms with van der Waals surface area (Å²) in [6, 6.07) is 13.8. The Kier molecular flexibility index (Phi) is 14.4. The average molecular weight is 807 g/mol. The Morgan fingerprint density at radius 2 is 0.478 bits per heavy atom. The minimum Gasteiger partial charge on any atom is -0.123 e. The van der Waals surface area contributed by atoms with Crippen LogP contribution in [0.3, 0.4) is 0 Å². The van der Waals surface area contributed by atoms with Gasteiger partial charge in [-0.15, -0.1) is 61.8 Å². The van der Waals surface area contributed by atoms with Gasteiger partial charge >= 0.3 is 0 Å². The van der Waals surface area contributed by atoms with Crippen LogP contribution in [0.25, 0.3) is 22.3 Å². The number of hydrogen-bond donors (Lipinski definition) is 0. The number of rotatable bonds is 11. The minimum absolute atomic E-state index is 0.215. The zero-order chi connectivity index (χ0) is 54.1. The summed E-state index contributed by atoms with van der Waals surface area (Å²) in [5.74, 6) is -0.215. The molecule has 0 aromatic heterocycles. The lowest BCUT2D eigenvalue weighted by atomic mass is 8.99. The third-order valence-electron chi connectivity index (χ3n) is 15.0. The maximum atomic E-state index is 6.97. The molecule has 0 saturated carbocycles. The molecular formula is C37H16B32. The van der Waals surface area contributed by atoms with Crippen LogP contribution in [0, 0.1) is 0 Å². The molecule has 64 radical (unpaired) electrons. The largest absolute Gasteiger partial charge is 0.123 e. The molecule has 260 valence electrons. The van der Waals surface area contributed by atoms with E-state index in [4.69, 9.17) is 251 Å². The molecule has 3 aromatic carbocycles. The fourth-order valence-corrected chi connectivity index (χ4v) is 12.4. The van der Waals surface area contributed by atoms with E-state index in [1.54, 1.807) is 18.2 Å². The topological polar surface area (TPSA) is 0 Å². The molecule has 5 rings (SSSR count). The molecule has 0 atom stereocenters. The van der Waals surface area contributed by atoms with Crippen LogP contribution in [0.4, 0.5) is 0 Å². The lowest BCUT2D eigenvalue weighted by molar-refractivity contribution is 0.212. The van der Waals surface area contributed by atoms with Gasteiger partial charge in [0.05, 0.1) is 251 Å². The summed E-state index contributed by atoms with van der Waals surface area (Å²) in [5, 5.41) is -33.4. The summed E-state index contributed by atoms with van der Waals surface area (Å²) in [6.45, 7) is 3.79. The molecule has 2 aliphatic rings. The Bertz CT molecular complexity index is 2270. The van der Waals surface area contributed by atoms with Crippen molar-refractivity contribution in [2.75, 3.05) is 0 Å². The molecule has 0 fully saturated rings. The number of benzene rings is 3. The van der Waals surface area contributed by atoms with Gasteiger partial charge in [-0.3, -0.25) is 0 Å². The normalized spacial score (nSPS) is 21.5. The molecule has 0 heterocycles. The van der Waals surface area contributed by atoms with Gasteiger partial charge in [-0.2, -0.15) is 0 Å². The monoisotopic (exact) mass is 812 g/mol. The van der Waals surface area contributed by atoms with E-state index in [-0.39, 0.29) is 39.3 Å². The van der Waals surface area contributed by atoms with Gasteiger partial charge in [0, 0.05) is 0 Å². The second kappa shape index (κ2) is 16.6. The van der Waals surface area contributed by atoms with Crippen LogP contribution in [0.15, 0.2) is 54.6 Å². The van der Waals surface area contributed by atoms with Gasteiger partial charge < -0.3 is 0 Å². The Balaban J connectivity index is 2.05. The first-order valence-electron chi connectivity index (χ1n) is 20.9. The Hall–Kier alpha value is -0.262. The van der Waals surface area contributed by atoms with Gasteiger partial charge in [0.15, 0.2) is 0 Å². The fourth-order valence-electron chi connectivity index (χ4n) is 12.4. The van der Waals surface area contributed by atoms with Crippen molar-refractivity contribution in [2.45, 2.75) is 103 Å². The number of hydrogen-bond acceptors (Lipinski definition) is 0. The zero-order valence-corrected chi connectivity index (χ0v) is 38.7. The second-order valence-corrected chi connectivity index (χ2v) is 20.5. The van der Waals surface area contributed by atoms with Crippen molar-refractivity contribution in [3.8, 4) is 22.3 Å². The van der Waals surface area contributed by atoms with Crippen molar-refractivity contribution in [2.24, 2.45) is 0 Å². The van der Waals surface area contributed by atoms with Crippen molar-refractivity contribution >= 4 is 251 Å². The SMILES string of the molecule is [B]C([B])([B])C1(C([B])([B])[B])c2ccc(-c3cc(-c4ccc5c(c4)C(C([B])([B])[B])(C([B])([B])[B])C([B])([B])C([B])([B])C5(C([B])([B])[B])C([B])([B])[B])cc(C(C)C)c3)cc2C(C([B])([B])[B])(C([B])([B])[B])C([B])([B])C1([B])[B]. The van der Waals surface area contributed by atoms with Crippen LogP contribution < -0.4 is 0 Å². The third-order valence-corrected chi connectivity index (χ3v) is 15.0. The van der Waals surface area contributed by atoms with Crippen molar-refractivity contribution in [1.82, 2.24) is 0 Å². The third kappa shape index (κ3) is 7.34. The highest BCUT2D eigenvalue weighted by atomic mass is 14.7. The van der Waals surface area contributed by atoms with E-state index >= 15 is 0 Å². The van der Waals surface area contributed by atoms with Crippen LogP contribution in [-0.2, 0) is 21.7 Å². The molecule has 0 amide bonds. The van der Waals surface area contributed by atoms with Crippen LogP contribution >= 0.6 is 0 Å². The molecular weight excluding hydrogens is 790 g/mol. The molecule has 0 spiro atoms. The van der Waals surface area contributed by atoms with Gasteiger partial charge in [0.2, 0.25) is 0 Å². The quantitative estimate of drug-likeness (QED) is 0.172. The van der Waals surface area contributed by atoms with E-state index in [1.807, 2.05) is 13.8 Å². The van der Waals surface area contributed by atoms with Crippen LogP contribution in [0.1, 0.15) is 47.6 Å². The average Bonchev–Trinajstić information content (AvgIpc) is 3.07. The highest BCUT2D eigenvalue weighted by Gasteiger charge is 2.74. The summed E-state index contributed by atoms with van der Waals surface area (Å²) in [4.78, 5) is 0. The maximum absolute atomic E-state index is 6.97. The van der Waals surface area contributed by atoms with Gasteiger partial charge in [0.25, 0.3) is 0 Å². The lowest BCUT2D eigenvalue weighted by Gasteiger charge is -2.82. The van der Waals surface area contributed by atoms with Crippen LogP contribution in [-0.4, -0.2) is 251 Å². The predicted molar refractivity (Wildman–Crippen MR) is 315 cm³/mol. The first-order valence-corrected chi connectivity index (χ1v) is 20.9. The standard InChI is InChI=1S/C37H16B32/c1-12(2)15-7-16(13-3-5-18-20(10-13)24(34(58,59)60,35(61,62)63)28(42,43)26(38,39)22(18,30(46,47)48)31(49,50)51)9-17(8-15)14-4-6-19-21(11-14)25(36(64,65)66,37(67,68)69)29(44,45)27(40,41)23(19,32(52,53)54)33(55,56)57/h3-12H,1-2H3. The van der Waals surface area contributed by atoms with E-state index in [0.29, 0.717) is 16.7 Å². The molecule has 3 aromatic rings. The number of fused-ring (bicyclic) bond motifs is 2. The van der Waals surface area contributed by atoms with Gasteiger partial charge in [-0.25, -0.2) is 0 Å². The van der Waals surface area contributed by atoms with Gasteiger partial charge in [0.1, 0.15) is 0 Å². The summed E-state index contributed by atoms with van der Waals surface area (Å²) in [5.41, 5.74) is -9.85. The van der Waals surface area contributed by atoms with Gasteiger partial charge in [-0.1, -0.05) is 62.4 Å². The summed E-state index contributed by atoms with van der Waals surface area (Å²) < 4.78 is 0.